The molecule has 10 rings (SSSR count). The van der Waals surface area contributed by atoms with Gasteiger partial charge in [0, 0.05) is 121 Å². The van der Waals surface area contributed by atoms with E-state index in [4.69, 9.17) is 55.1 Å². The molecule has 5 aliphatic heterocycles. The van der Waals surface area contributed by atoms with Crippen LogP contribution in [0.5, 0.6) is 11.5 Å². The van der Waals surface area contributed by atoms with Gasteiger partial charge in [0.05, 0.1) is 69.8 Å². The summed E-state index contributed by atoms with van der Waals surface area (Å²) in [6.07, 6.45) is -0.185. The second-order valence-electron chi connectivity index (χ2n) is 24.7. The number of aliphatic hydroxyl groups is 2. The van der Waals surface area contributed by atoms with Gasteiger partial charge in [0.15, 0.2) is 0 Å². The van der Waals surface area contributed by atoms with E-state index >= 15 is 0 Å². The minimum Gasteiger partial charge on any atom is -0.491 e. The highest BCUT2D eigenvalue weighted by molar-refractivity contribution is 7.51. The number of aliphatic hydroxyl groups excluding tert-OH is 2. The topological polar surface area (TPSA) is 399 Å². The Balaban J connectivity index is 0.638. The van der Waals surface area contributed by atoms with Gasteiger partial charge in [-0.05, 0) is 68.7 Å². The number of hydrogen-bond acceptors (Lipinski definition) is 26. The lowest BCUT2D eigenvalue weighted by Crippen LogP contribution is -2.48. The molecule has 5 fully saturated rings. The highest BCUT2D eigenvalue weighted by atomic mass is 31.2. The number of hydrogen-bond donors (Lipinski definition) is 6. The second-order valence-corrected chi connectivity index (χ2v) is 31.7. The van der Waals surface area contributed by atoms with E-state index in [2.05, 4.69) is 41.8 Å². The van der Waals surface area contributed by atoms with Crippen molar-refractivity contribution in [1.29, 1.82) is 0 Å². The van der Waals surface area contributed by atoms with Crippen molar-refractivity contribution < 1.29 is 93.4 Å². The summed E-state index contributed by atoms with van der Waals surface area (Å²) in [5.74, 6) is 0.879. The molecule has 8 heterocycles. The number of piperazine rings is 2. The van der Waals surface area contributed by atoms with Crippen LogP contribution in [0.4, 0.5) is 0 Å². The first-order valence-electron chi connectivity index (χ1n) is 33.3. The minimum absolute atomic E-state index is 0.0266. The monoisotopic (exact) mass is 1480 g/mol. The fourth-order valence-corrected chi connectivity index (χ4v) is 16.7. The van der Waals surface area contributed by atoms with Crippen LogP contribution in [0, 0.1) is 13.8 Å². The van der Waals surface area contributed by atoms with Crippen molar-refractivity contribution in [3.63, 3.8) is 0 Å². The quantitative estimate of drug-likeness (QED) is 0.0239. The number of nitrogens with one attached hydrogen (secondary N) is 2. The van der Waals surface area contributed by atoms with Gasteiger partial charge in [-0.2, -0.15) is 0 Å². The number of H-pyrrole nitrogens is 2. The Kier molecular flexibility index (Phi) is 28.2. The first kappa shape index (κ1) is 77.3. The summed E-state index contributed by atoms with van der Waals surface area (Å²) in [5, 5.41) is 21.1. The summed E-state index contributed by atoms with van der Waals surface area (Å²) < 4.78 is 129. The third-order valence-corrected chi connectivity index (χ3v) is 23.5. The van der Waals surface area contributed by atoms with Gasteiger partial charge in [-0.25, -0.2) is 37.2 Å². The molecule has 100 heavy (non-hydrogen) atoms. The van der Waals surface area contributed by atoms with E-state index in [1.54, 1.807) is 51.8 Å². The molecule has 0 saturated carbocycles. The highest BCUT2D eigenvalue weighted by Gasteiger charge is 2.41. The smallest absolute Gasteiger partial charge is 0.472 e. The van der Waals surface area contributed by atoms with Crippen LogP contribution in [-0.2, 0) is 83.7 Å². The zero-order chi connectivity index (χ0) is 70.9. The maximum atomic E-state index is 14.8. The maximum absolute atomic E-state index is 14.8. The van der Waals surface area contributed by atoms with Gasteiger partial charge in [-0.3, -0.25) is 84.6 Å². The van der Waals surface area contributed by atoms with Crippen molar-refractivity contribution in [3.8, 4) is 11.5 Å². The fourth-order valence-electron chi connectivity index (χ4n) is 11.8. The lowest BCUT2D eigenvalue weighted by molar-refractivity contribution is -0.0468. The summed E-state index contributed by atoms with van der Waals surface area (Å²) in [5.41, 5.74) is -0.250. The normalized spacial score (nSPS) is 24.1. The molecule has 4 unspecified atom stereocenters. The van der Waals surface area contributed by atoms with E-state index in [0.717, 1.165) is 41.4 Å². The molecule has 0 radical (unpaired) electrons. The first-order valence-corrected chi connectivity index (χ1v) is 39.3. The largest absolute Gasteiger partial charge is 0.491 e. The van der Waals surface area contributed by atoms with Crippen LogP contribution in [0.15, 0.2) is 104 Å². The lowest BCUT2D eigenvalue weighted by atomic mass is 10.2. The molecule has 5 aromatic rings. The van der Waals surface area contributed by atoms with Gasteiger partial charge in [0.1, 0.15) is 56.0 Å². The van der Waals surface area contributed by atoms with Crippen molar-refractivity contribution in [2.45, 2.75) is 109 Å². The van der Waals surface area contributed by atoms with Crippen LogP contribution in [0.25, 0.3) is 0 Å². The average molecular weight is 1480 g/mol. The summed E-state index contributed by atoms with van der Waals surface area (Å²) in [4.78, 5) is 84.7. The Morgan fingerprint density at radius 2 is 0.930 bits per heavy atom. The van der Waals surface area contributed by atoms with E-state index in [1.165, 1.54) is 31.8 Å². The molecular formula is C62H90N10O24P4. The number of nitrogens with zero attached hydrogens (tertiary/aromatic N) is 8. The van der Waals surface area contributed by atoms with Crippen molar-refractivity contribution in [1.82, 2.24) is 48.1 Å². The Bertz CT molecular complexity index is 3890. The molecule has 0 spiro atoms. The Morgan fingerprint density at radius 3 is 1.44 bits per heavy atom. The van der Waals surface area contributed by atoms with Crippen LogP contribution < -0.4 is 32.0 Å². The summed E-state index contributed by atoms with van der Waals surface area (Å²) in [7, 11) is -17.0. The van der Waals surface area contributed by atoms with E-state index in [9.17, 15) is 57.4 Å². The van der Waals surface area contributed by atoms with Crippen molar-refractivity contribution >= 4 is 31.1 Å². The number of aryl methyl sites for hydroxylation is 2. The molecule has 34 nitrogen and oxygen atoms in total. The third kappa shape index (κ3) is 22.6. The summed E-state index contributed by atoms with van der Waals surface area (Å²) in [6, 6.07) is 21.6. The van der Waals surface area contributed by atoms with Gasteiger partial charge in [0.25, 0.3) is 11.1 Å². The third-order valence-electron chi connectivity index (χ3n) is 17.4. The predicted molar refractivity (Wildman–Crippen MR) is 359 cm³/mol. The van der Waals surface area contributed by atoms with Gasteiger partial charge in [-0.15, -0.1) is 0 Å². The standard InChI is InChI=1S/C62H90N10O24P4/c1-46-39-71(61(77)64-59(46)75)57-37-53(73)55(95-57)44-93-99(81,82)90-36-34-86-52-17-15-51(16-18-52)85-33-35-89-97(79,70-27-25-68(26-28-70)41-48-11-6-5-7-12-48)87-31-29-66-21-23-67(24-22-66)30-32-88-98(80,69-19-8-3-4-9-20-69)91-42-49-13-10-14-50(63-49)43-92-100(83,84)94-45-56-54(74)38-58(96-56)72-40-47(2)60(76)65-62(72)78/h5-7,10-18,39-40,53-58,73-74H,3-4,8-9,19-38,41-45H2,1-2H3,(H,81,82)(H,83,84)(H,64,75,77)(H,65,76,78)/t53-,54-,55+,56+,57+,58+,97?,98?/m0/s1. The van der Waals surface area contributed by atoms with Gasteiger partial charge < -0.3 is 38.9 Å². The molecule has 5 saturated heterocycles. The number of phosphoric ester groups is 2. The van der Waals surface area contributed by atoms with Gasteiger partial charge in [0.2, 0.25) is 0 Å². The van der Waals surface area contributed by atoms with E-state index in [1.807, 2.05) is 18.2 Å². The first-order chi connectivity index (χ1) is 48.0. The summed E-state index contributed by atoms with van der Waals surface area (Å²) in [6.45, 7) is 8.82. The number of phosphoric acid groups is 2. The van der Waals surface area contributed by atoms with E-state index in [0.29, 0.717) is 95.7 Å². The molecule has 38 heteroatoms. The Labute approximate surface area is 577 Å². The number of aromatic nitrogens is 5. The number of aromatic amines is 2. The summed E-state index contributed by atoms with van der Waals surface area (Å²) >= 11 is 0. The number of rotatable bonds is 36. The maximum Gasteiger partial charge on any atom is 0.472 e. The molecule has 10 atom stereocenters. The van der Waals surface area contributed by atoms with Gasteiger partial charge >= 0.3 is 42.5 Å². The molecule has 2 aromatic carbocycles. The average Bonchev–Trinajstić information content (AvgIpc) is 1.53. The SMILES string of the molecule is Cc1cn([C@H]2C[C@H](O)[C@@H](COP(=O)(O)OCCOc3ccc(OCCOP(=O)(OCCN4CCN(CCOP(=O)(OCc5cccc(COP(=O)(O)OC[C@H]6O[C@@H](n7cc(C)c(=O)[nH]c7=O)C[C@@H]6O)n5)N5CCCCCC5)CC4)N4CCN(Cc5ccccc5)CC4)cc3)O2)c(=O)[nH]c1=O. The molecule has 6 N–H and O–H groups in total. The molecule has 5 aliphatic rings. The number of benzene rings is 2. The molecular weight excluding hydrogens is 1390 g/mol. The number of pyridine rings is 1. The van der Waals surface area contributed by atoms with E-state index in [-0.39, 0.29) is 75.9 Å². The Morgan fingerprint density at radius 1 is 0.490 bits per heavy atom. The van der Waals surface area contributed by atoms with E-state index < -0.39 is 110 Å². The van der Waals surface area contributed by atoms with Crippen molar-refractivity contribution in [3.05, 3.63) is 155 Å². The molecule has 552 valence electrons. The lowest BCUT2D eigenvalue weighted by Gasteiger charge is -2.38. The molecule has 0 bridgehead atoms. The second kappa shape index (κ2) is 36.4. The zero-order valence-corrected chi connectivity index (χ0v) is 59.5. The fraction of sp³-hybridized carbons (Fsp3) is 0.597. The van der Waals surface area contributed by atoms with Crippen LogP contribution in [-0.4, -0.2) is 224 Å². The highest BCUT2D eigenvalue weighted by Crippen LogP contribution is 2.54. The predicted octanol–water partition coefficient (Wildman–Crippen LogP) is 4.41. The Hall–Kier alpha value is -5.29. The zero-order valence-electron chi connectivity index (χ0n) is 55.9. The molecule has 0 aliphatic carbocycles. The van der Waals surface area contributed by atoms with Crippen LogP contribution in [0.1, 0.15) is 79.1 Å². The van der Waals surface area contributed by atoms with Crippen LogP contribution in [0.3, 0.4) is 0 Å². The van der Waals surface area contributed by atoms with Gasteiger partial charge in [-0.1, -0.05) is 49.2 Å². The van der Waals surface area contributed by atoms with Crippen molar-refractivity contribution in [2.75, 3.05) is 131 Å². The minimum atomic E-state index is -4.72. The van der Waals surface area contributed by atoms with Crippen molar-refractivity contribution in [2.24, 2.45) is 0 Å². The molecule has 0 amide bonds. The molecule has 3 aromatic heterocycles. The van der Waals surface area contributed by atoms with Crippen LogP contribution >= 0.6 is 31.1 Å². The number of ether oxygens (including phenoxy) is 4. The van der Waals surface area contributed by atoms with Crippen LogP contribution in [0.2, 0.25) is 0 Å².